The number of rotatable bonds is 12. The van der Waals surface area contributed by atoms with Crippen LogP contribution in [0.2, 0.25) is 0 Å². The molecule has 0 saturated carbocycles. The number of fused-ring (bicyclic) bond motifs is 1. The fourth-order valence-electron chi connectivity index (χ4n) is 4.78. The highest BCUT2D eigenvalue weighted by Crippen LogP contribution is 2.29. The monoisotopic (exact) mass is 543 g/mol. The van der Waals surface area contributed by atoms with Crippen molar-refractivity contribution in [1.82, 2.24) is 14.5 Å². The van der Waals surface area contributed by atoms with Gasteiger partial charge in [-0.15, -0.1) is 0 Å². The summed E-state index contributed by atoms with van der Waals surface area (Å²) in [6.07, 6.45) is 2.79. The van der Waals surface area contributed by atoms with E-state index in [9.17, 15) is 9.59 Å². The molecule has 0 radical (unpaired) electrons. The predicted molar refractivity (Wildman–Crippen MR) is 157 cm³/mol. The molecule has 210 valence electrons. The van der Waals surface area contributed by atoms with Crippen LogP contribution in [-0.2, 0) is 0 Å². The van der Waals surface area contributed by atoms with Crippen molar-refractivity contribution in [2.24, 2.45) is 0 Å². The Labute approximate surface area is 235 Å². The molecule has 1 aromatic heterocycles. The lowest BCUT2D eigenvalue weighted by Crippen LogP contribution is -2.38. The zero-order valence-electron chi connectivity index (χ0n) is 23.8. The number of unbranched alkanes of at least 4 members (excludes halogenated alkanes) is 2. The summed E-state index contributed by atoms with van der Waals surface area (Å²) in [7, 11) is 3.11. The minimum atomic E-state index is -0.523. The Morgan fingerprint density at radius 2 is 1.60 bits per heavy atom. The van der Waals surface area contributed by atoms with Gasteiger partial charge in [-0.3, -0.25) is 14.2 Å². The Hall–Kier alpha value is -4.33. The Bertz CT molecular complexity index is 1490. The molecule has 8 nitrogen and oxygen atoms in total. The number of carbonyl (C=O) groups excluding carboxylic acids is 1. The molecular formula is C32H37N3O5. The van der Waals surface area contributed by atoms with Crippen LogP contribution < -0.4 is 19.8 Å². The summed E-state index contributed by atoms with van der Waals surface area (Å²) >= 11 is 0. The average molecular weight is 544 g/mol. The number of ether oxygens (including phenoxy) is 3. The van der Waals surface area contributed by atoms with Crippen LogP contribution in [0.3, 0.4) is 0 Å². The van der Waals surface area contributed by atoms with E-state index in [4.69, 9.17) is 19.2 Å². The number of methoxy groups -OCH3 is 2. The van der Waals surface area contributed by atoms with Crippen LogP contribution in [0.4, 0.5) is 0 Å². The van der Waals surface area contributed by atoms with Crippen molar-refractivity contribution in [3.05, 3.63) is 88.5 Å². The van der Waals surface area contributed by atoms with E-state index in [0.717, 1.165) is 19.3 Å². The minimum Gasteiger partial charge on any atom is -0.497 e. The molecule has 40 heavy (non-hydrogen) atoms. The number of hydrogen-bond donors (Lipinski definition) is 0. The maximum Gasteiger partial charge on any atom is 0.266 e. The lowest BCUT2D eigenvalue weighted by atomic mass is 10.1. The van der Waals surface area contributed by atoms with Crippen LogP contribution in [0.5, 0.6) is 17.2 Å². The number of carbonyl (C=O) groups is 1. The van der Waals surface area contributed by atoms with Gasteiger partial charge in [-0.2, -0.15) is 0 Å². The molecule has 0 aliphatic carbocycles. The lowest BCUT2D eigenvalue weighted by Gasteiger charge is -2.31. The van der Waals surface area contributed by atoms with Crippen molar-refractivity contribution < 1.29 is 19.0 Å². The molecule has 1 heterocycles. The third-order valence-electron chi connectivity index (χ3n) is 6.91. The molecule has 0 aliphatic rings. The molecule has 0 saturated heterocycles. The SMILES string of the molecule is CCCCCN(C(=O)c1cc(OC)cc(OC)c1)C(C)c1nc2ccccc2c(=O)n1-c1ccc(OCC)cc1. The third-order valence-corrected chi connectivity index (χ3v) is 6.91. The number of aromatic nitrogens is 2. The van der Waals surface area contributed by atoms with E-state index < -0.39 is 6.04 Å². The second-order valence-electron chi connectivity index (χ2n) is 9.54. The first-order chi connectivity index (χ1) is 19.4. The van der Waals surface area contributed by atoms with Gasteiger partial charge in [0.1, 0.15) is 23.1 Å². The molecule has 0 N–H and O–H groups in total. The van der Waals surface area contributed by atoms with E-state index in [2.05, 4.69) is 6.92 Å². The van der Waals surface area contributed by atoms with Crippen molar-refractivity contribution in [2.45, 2.75) is 46.1 Å². The van der Waals surface area contributed by atoms with Gasteiger partial charge in [0.2, 0.25) is 0 Å². The van der Waals surface area contributed by atoms with Gasteiger partial charge in [0.25, 0.3) is 11.5 Å². The zero-order chi connectivity index (χ0) is 28.6. The van der Waals surface area contributed by atoms with Crippen molar-refractivity contribution in [2.75, 3.05) is 27.4 Å². The Kier molecular flexibility index (Phi) is 9.43. The number of benzene rings is 3. The maximum absolute atomic E-state index is 14.1. The van der Waals surface area contributed by atoms with E-state index in [1.54, 1.807) is 48.0 Å². The van der Waals surface area contributed by atoms with Crippen LogP contribution in [-0.4, -0.2) is 47.7 Å². The Morgan fingerprint density at radius 3 is 2.23 bits per heavy atom. The second kappa shape index (κ2) is 13.2. The van der Waals surface area contributed by atoms with Crippen LogP contribution in [0.25, 0.3) is 16.6 Å². The maximum atomic E-state index is 14.1. The molecule has 0 fully saturated rings. The standard InChI is InChI=1S/C32H37N3O5/c1-6-8-11-18-34(31(36)23-19-26(38-4)21-27(20-23)39-5)22(3)30-33-29-13-10-9-12-28(29)32(37)35(30)24-14-16-25(17-15-24)40-7-2/h9-10,12-17,19-22H,6-8,11,18H2,1-5H3. The van der Waals surface area contributed by atoms with E-state index in [1.807, 2.05) is 56.3 Å². The Balaban J connectivity index is 1.87. The van der Waals surface area contributed by atoms with E-state index >= 15 is 0 Å². The molecule has 8 heteroatoms. The van der Waals surface area contributed by atoms with Crippen molar-refractivity contribution in [3.8, 4) is 22.9 Å². The normalized spacial score (nSPS) is 11.7. The summed E-state index contributed by atoms with van der Waals surface area (Å²) in [5.41, 5.74) is 1.48. The molecule has 1 atom stereocenters. The topological polar surface area (TPSA) is 82.9 Å². The second-order valence-corrected chi connectivity index (χ2v) is 9.54. The van der Waals surface area contributed by atoms with Gasteiger partial charge in [-0.1, -0.05) is 31.9 Å². The summed E-state index contributed by atoms with van der Waals surface area (Å²) < 4.78 is 18.1. The minimum absolute atomic E-state index is 0.193. The van der Waals surface area contributed by atoms with Gasteiger partial charge in [-0.25, -0.2) is 4.98 Å². The molecule has 0 spiro atoms. The third kappa shape index (κ3) is 6.11. The first-order valence-corrected chi connectivity index (χ1v) is 13.7. The summed E-state index contributed by atoms with van der Waals surface area (Å²) in [6, 6.07) is 19.3. The highest BCUT2D eigenvalue weighted by atomic mass is 16.5. The van der Waals surface area contributed by atoms with Gasteiger partial charge in [0.15, 0.2) is 0 Å². The van der Waals surface area contributed by atoms with Gasteiger partial charge < -0.3 is 19.1 Å². The Morgan fingerprint density at radius 1 is 0.925 bits per heavy atom. The van der Waals surface area contributed by atoms with Crippen molar-refractivity contribution in [3.63, 3.8) is 0 Å². The molecule has 0 bridgehead atoms. The van der Waals surface area contributed by atoms with E-state index in [1.165, 1.54) is 0 Å². The number of hydrogen-bond acceptors (Lipinski definition) is 6. The van der Waals surface area contributed by atoms with Gasteiger partial charge >= 0.3 is 0 Å². The van der Waals surface area contributed by atoms with Gasteiger partial charge in [-0.05, 0) is 68.8 Å². The molecule has 4 aromatic rings. The summed E-state index contributed by atoms with van der Waals surface area (Å²) in [4.78, 5) is 34.7. The first kappa shape index (κ1) is 28.7. The molecule has 0 aliphatic heterocycles. The van der Waals surface area contributed by atoms with Crippen LogP contribution >= 0.6 is 0 Å². The quantitative estimate of drug-likeness (QED) is 0.198. The van der Waals surface area contributed by atoms with E-state index in [0.29, 0.717) is 58.4 Å². The van der Waals surface area contributed by atoms with Gasteiger partial charge in [0.05, 0.1) is 43.5 Å². The molecule has 4 rings (SSSR count). The number of amides is 1. The van der Waals surface area contributed by atoms with Crippen molar-refractivity contribution >= 4 is 16.8 Å². The number of para-hydroxylation sites is 1. The van der Waals surface area contributed by atoms with Crippen molar-refractivity contribution in [1.29, 1.82) is 0 Å². The lowest BCUT2D eigenvalue weighted by molar-refractivity contribution is 0.0676. The zero-order valence-corrected chi connectivity index (χ0v) is 23.8. The fraction of sp³-hybridized carbons (Fsp3) is 0.344. The first-order valence-electron chi connectivity index (χ1n) is 13.7. The average Bonchev–Trinajstić information content (AvgIpc) is 2.99. The fourth-order valence-corrected chi connectivity index (χ4v) is 4.78. The number of nitrogens with zero attached hydrogens (tertiary/aromatic N) is 3. The summed E-state index contributed by atoms with van der Waals surface area (Å²) in [5.74, 6) is 2.05. The molecule has 1 amide bonds. The summed E-state index contributed by atoms with van der Waals surface area (Å²) in [5, 5.41) is 0.508. The predicted octanol–water partition coefficient (Wildman–Crippen LogP) is 6.20. The molecule has 3 aromatic carbocycles. The largest absolute Gasteiger partial charge is 0.497 e. The highest BCUT2D eigenvalue weighted by Gasteiger charge is 2.28. The molecule has 1 unspecified atom stereocenters. The summed E-state index contributed by atoms with van der Waals surface area (Å²) in [6.45, 7) is 7.01. The smallest absolute Gasteiger partial charge is 0.266 e. The van der Waals surface area contributed by atoms with Crippen LogP contribution in [0.1, 0.15) is 62.3 Å². The van der Waals surface area contributed by atoms with Crippen LogP contribution in [0.15, 0.2) is 71.5 Å². The van der Waals surface area contributed by atoms with Crippen LogP contribution in [0, 0.1) is 0 Å². The van der Waals surface area contributed by atoms with Gasteiger partial charge in [0, 0.05) is 18.2 Å². The molecular weight excluding hydrogens is 506 g/mol. The highest BCUT2D eigenvalue weighted by molar-refractivity contribution is 5.95. The van der Waals surface area contributed by atoms with E-state index in [-0.39, 0.29) is 11.5 Å².